The topological polar surface area (TPSA) is 79.6 Å². The molecule has 3 aromatic rings. The number of aromatic nitrogens is 3. The van der Waals surface area contributed by atoms with Crippen LogP contribution in [0.3, 0.4) is 0 Å². The number of carbonyl (C=O) groups is 1. The fourth-order valence-corrected chi connectivity index (χ4v) is 3.67. The smallest absolute Gasteiger partial charge is 0.275 e. The summed E-state index contributed by atoms with van der Waals surface area (Å²) in [5, 5.41) is 7.87. The second kappa shape index (κ2) is 8.30. The fourth-order valence-electron chi connectivity index (χ4n) is 2.78. The maximum absolute atomic E-state index is 12.4. The van der Waals surface area contributed by atoms with E-state index < -0.39 is 0 Å². The zero-order chi connectivity index (χ0) is 19.4. The number of rotatable bonds is 7. The van der Waals surface area contributed by atoms with Crippen molar-refractivity contribution in [1.82, 2.24) is 19.9 Å². The van der Waals surface area contributed by atoms with Crippen LogP contribution in [0.2, 0.25) is 0 Å². The van der Waals surface area contributed by atoms with E-state index in [1.54, 1.807) is 11.9 Å². The van der Waals surface area contributed by atoms with Crippen LogP contribution < -0.4 is 15.8 Å². The number of nitrogens with zero attached hydrogens (tertiary/aromatic N) is 4. The zero-order valence-electron chi connectivity index (χ0n) is 15.7. The standard InChI is InChI=1S/C19H23N5O2S/c1-4-8-15-11-17(26)24-18(21-15)27-19(22-24)23(3)12-16(25)20-13(2)14-9-6-5-7-10-14/h5-7,9-11,13H,4,8,12H2,1-3H3,(H,20,25)/t13-/m0/s1. The summed E-state index contributed by atoms with van der Waals surface area (Å²) < 4.78 is 1.29. The second-order valence-electron chi connectivity index (χ2n) is 6.47. The molecule has 3 rings (SSSR count). The van der Waals surface area contributed by atoms with Crippen LogP contribution in [0.4, 0.5) is 5.13 Å². The number of amides is 1. The molecule has 0 radical (unpaired) electrons. The van der Waals surface area contributed by atoms with Gasteiger partial charge < -0.3 is 10.2 Å². The average molecular weight is 385 g/mol. The molecule has 1 aromatic carbocycles. The molecule has 7 nitrogen and oxygen atoms in total. The molecule has 0 unspecified atom stereocenters. The van der Waals surface area contributed by atoms with E-state index in [9.17, 15) is 9.59 Å². The van der Waals surface area contributed by atoms with Gasteiger partial charge in [0, 0.05) is 18.8 Å². The molecule has 0 fully saturated rings. The van der Waals surface area contributed by atoms with Crippen LogP contribution in [0, 0.1) is 0 Å². The molecule has 0 spiro atoms. The van der Waals surface area contributed by atoms with E-state index in [1.165, 1.54) is 21.9 Å². The largest absolute Gasteiger partial charge is 0.348 e. The number of carbonyl (C=O) groups excluding carboxylic acids is 1. The minimum atomic E-state index is -0.193. The van der Waals surface area contributed by atoms with Crippen molar-refractivity contribution in [1.29, 1.82) is 0 Å². The quantitative estimate of drug-likeness (QED) is 0.676. The summed E-state index contributed by atoms with van der Waals surface area (Å²) in [4.78, 5) is 31.3. The molecule has 2 heterocycles. The van der Waals surface area contributed by atoms with Crippen molar-refractivity contribution in [3.05, 3.63) is 58.0 Å². The van der Waals surface area contributed by atoms with Crippen molar-refractivity contribution >= 4 is 27.3 Å². The highest BCUT2D eigenvalue weighted by Crippen LogP contribution is 2.20. The van der Waals surface area contributed by atoms with Gasteiger partial charge in [-0.05, 0) is 18.9 Å². The summed E-state index contributed by atoms with van der Waals surface area (Å²) in [6.45, 7) is 4.14. The predicted octanol–water partition coefficient (Wildman–Crippen LogP) is 2.42. The van der Waals surface area contributed by atoms with Crippen molar-refractivity contribution in [2.75, 3.05) is 18.5 Å². The highest BCUT2D eigenvalue weighted by molar-refractivity contribution is 7.20. The highest BCUT2D eigenvalue weighted by Gasteiger charge is 2.16. The van der Waals surface area contributed by atoms with Crippen LogP contribution in [0.1, 0.15) is 37.6 Å². The first kappa shape index (κ1) is 19.0. The molecule has 1 atom stereocenters. The lowest BCUT2D eigenvalue weighted by atomic mass is 10.1. The van der Waals surface area contributed by atoms with E-state index in [4.69, 9.17) is 0 Å². The normalized spacial score (nSPS) is 12.1. The van der Waals surface area contributed by atoms with E-state index in [0.29, 0.717) is 10.1 Å². The number of hydrogen-bond acceptors (Lipinski definition) is 6. The van der Waals surface area contributed by atoms with E-state index in [1.807, 2.05) is 44.2 Å². The van der Waals surface area contributed by atoms with Gasteiger partial charge in [-0.3, -0.25) is 9.59 Å². The Kier molecular flexibility index (Phi) is 5.85. The molecule has 8 heteroatoms. The van der Waals surface area contributed by atoms with Gasteiger partial charge in [0.2, 0.25) is 16.0 Å². The lowest BCUT2D eigenvalue weighted by Gasteiger charge is -2.18. The van der Waals surface area contributed by atoms with Gasteiger partial charge in [-0.25, -0.2) is 4.98 Å². The number of likely N-dealkylation sites (N-methyl/N-ethyl adjacent to an activating group) is 1. The number of nitrogens with one attached hydrogen (secondary N) is 1. The minimum Gasteiger partial charge on any atom is -0.348 e. The fraction of sp³-hybridized carbons (Fsp3) is 0.368. The molecule has 0 saturated heterocycles. The highest BCUT2D eigenvalue weighted by atomic mass is 32.1. The van der Waals surface area contributed by atoms with Crippen LogP contribution in [0.25, 0.3) is 4.96 Å². The second-order valence-corrected chi connectivity index (χ2v) is 7.41. The molecule has 1 N–H and O–H groups in total. The third kappa shape index (κ3) is 4.51. The Morgan fingerprint density at radius 1 is 1.33 bits per heavy atom. The Bertz CT molecular complexity index is 983. The van der Waals surface area contributed by atoms with Crippen molar-refractivity contribution < 1.29 is 4.79 Å². The summed E-state index contributed by atoms with van der Waals surface area (Å²) >= 11 is 1.30. The monoisotopic (exact) mass is 385 g/mol. The molecule has 27 heavy (non-hydrogen) atoms. The van der Waals surface area contributed by atoms with Crippen LogP contribution in [0.15, 0.2) is 41.2 Å². The van der Waals surface area contributed by atoms with E-state index >= 15 is 0 Å². The van der Waals surface area contributed by atoms with E-state index in [-0.39, 0.29) is 24.1 Å². The lowest BCUT2D eigenvalue weighted by molar-refractivity contribution is -0.120. The summed E-state index contributed by atoms with van der Waals surface area (Å²) in [5.41, 5.74) is 1.63. The minimum absolute atomic E-state index is 0.0802. The van der Waals surface area contributed by atoms with Gasteiger partial charge in [-0.1, -0.05) is 55.0 Å². The van der Waals surface area contributed by atoms with Crippen LogP contribution in [0.5, 0.6) is 0 Å². The van der Waals surface area contributed by atoms with Crippen LogP contribution >= 0.6 is 11.3 Å². The third-order valence-electron chi connectivity index (χ3n) is 4.18. The van der Waals surface area contributed by atoms with Crippen molar-refractivity contribution in [2.45, 2.75) is 32.7 Å². The summed E-state index contributed by atoms with van der Waals surface area (Å²) in [5.74, 6) is -0.111. The molecule has 1 amide bonds. The summed E-state index contributed by atoms with van der Waals surface area (Å²) in [7, 11) is 1.78. The first-order valence-electron chi connectivity index (χ1n) is 8.93. The third-order valence-corrected chi connectivity index (χ3v) is 5.20. The van der Waals surface area contributed by atoms with Crippen LogP contribution in [-0.2, 0) is 11.2 Å². The van der Waals surface area contributed by atoms with Crippen molar-refractivity contribution in [3.8, 4) is 0 Å². The van der Waals surface area contributed by atoms with Gasteiger partial charge in [0.1, 0.15) is 0 Å². The first-order chi connectivity index (χ1) is 13.0. The molecular weight excluding hydrogens is 362 g/mol. The van der Waals surface area contributed by atoms with Gasteiger partial charge >= 0.3 is 0 Å². The number of anilines is 1. The van der Waals surface area contributed by atoms with Crippen molar-refractivity contribution in [3.63, 3.8) is 0 Å². The predicted molar refractivity (Wildman–Crippen MR) is 107 cm³/mol. The zero-order valence-corrected chi connectivity index (χ0v) is 16.5. The maximum atomic E-state index is 12.4. The lowest BCUT2D eigenvalue weighted by Crippen LogP contribution is -2.36. The Morgan fingerprint density at radius 2 is 2.07 bits per heavy atom. The molecule has 0 saturated carbocycles. The van der Waals surface area contributed by atoms with E-state index in [0.717, 1.165) is 24.1 Å². The molecule has 0 aliphatic heterocycles. The van der Waals surface area contributed by atoms with Gasteiger partial charge in [-0.2, -0.15) is 4.52 Å². The molecule has 2 aromatic heterocycles. The molecule has 0 aliphatic rings. The molecular formula is C19H23N5O2S. The Morgan fingerprint density at radius 3 is 2.78 bits per heavy atom. The van der Waals surface area contributed by atoms with Crippen LogP contribution in [-0.4, -0.2) is 34.1 Å². The summed E-state index contributed by atoms with van der Waals surface area (Å²) in [6.07, 6.45) is 1.68. The molecule has 0 aliphatic carbocycles. The number of benzene rings is 1. The van der Waals surface area contributed by atoms with Crippen molar-refractivity contribution in [2.24, 2.45) is 0 Å². The number of hydrogen-bond donors (Lipinski definition) is 1. The molecule has 0 bridgehead atoms. The Hall–Kier alpha value is -2.74. The molecule has 142 valence electrons. The Balaban J connectivity index is 1.70. The van der Waals surface area contributed by atoms with Gasteiger partial charge in [-0.15, -0.1) is 5.10 Å². The van der Waals surface area contributed by atoms with Gasteiger partial charge in [0.25, 0.3) is 5.56 Å². The number of aryl methyl sites for hydroxylation is 1. The van der Waals surface area contributed by atoms with Gasteiger partial charge in [0.05, 0.1) is 12.6 Å². The summed E-state index contributed by atoms with van der Waals surface area (Å²) in [6, 6.07) is 11.2. The SMILES string of the molecule is CCCc1cc(=O)n2nc(N(C)CC(=O)N[C@@H](C)c3ccccc3)sc2n1. The van der Waals surface area contributed by atoms with E-state index in [2.05, 4.69) is 15.4 Å². The maximum Gasteiger partial charge on any atom is 0.275 e. The first-order valence-corrected chi connectivity index (χ1v) is 9.75. The number of fused-ring (bicyclic) bond motifs is 1. The Labute approximate surface area is 161 Å². The van der Waals surface area contributed by atoms with Gasteiger partial charge in [0.15, 0.2) is 0 Å². The average Bonchev–Trinajstić information content (AvgIpc) is 3.07.